The quantitative estimate of drug-likeness (QED) is 0.827. The van der Waals surface area contributed by atoms with E-state index in [1.54, 1.807) is 10.9 Å². The van der Waals surface area contributed by atoms with Gasteiger partial charge in [-0.15, -0.1) is 0 Å². The fourth-order valence-corrected chi connectivity index (χ4v) is 2.99. The van der Waals surface area contributed by atoms with E-state index in [-0.39, 0.29) is 6.54 Å². The molecule has 21 heavy (non-hydrogen) atoms. The average molecular weight is 315 g/mol. The molecular weight excluding hydrogens is 300 g/mol. The number of sulfonamides is 1. The lowest BCUT2D eigenvalue weighted by Crippen LogP contribution is -2.26. The minimum Gasteiger partial charge on any atom is -0.270 e. The second kappa shape index (κ2) is 6.31. The van der Waals surface area contributed by atoms with E-state index in [1.807, 2.05) is 13.0 Å². The van der Waals surface area contributed by atoms with Crippen molar-refractivity contribution in [2.24, 2.45) is 0 Å². The minimum atomic E-state index is -4.06. The van der Waals surface area contributed by atoms with Gasteiger partial charge in [0.05, 0.1) is 0 Å². The monoisotopic (exact) mass is 315 g/mol. The molecule has 2 aromatic rings. The number of aryl methyl sites for hydroxylation is 2. The van der Waals surface area contributed by atoms with Crippen LogP contribution < -0.4 is 4.72 Å². The van der Waals surface area contributed by atoms with Crippen LogP contribution in [0.4, 0.5) is 8.78 Å². The Morgan fingerprint density at radius 3 is 2.71 bits per heavy atom. The number of benzene rings is 1. The predicted octanol–water partition coefficient (Wildman–Crippen LogP) is 1.84. The summed E-state index contributed by atoms with van der Waals surface area (Å²) in [6.45, 7) is 2.53. The van der Waals surface area contributed by atoms with E-state index in [9.17, 15) is 17.2 Å². The molecule has 0 radical (unpaired) electrons. The minimum absolute atomic E-state index is 0.109. The molecule has 0 aliphatic heterocycles. The third kappa shape index (κ3) is 3.85. The van der Waals surface area contributed by atoms with Crippen molar-refractivity contribution in [2.45, 2.75) is 24.8 Å². The van der Waals surface area contributed by atoms with Crippen molar-refractivity contribution in [2.75, 3.05) is 6.54 Å². The fraction of sp³-hybridized carbons (Fsp3) is 0.308. The highest BCUT2D eigenvalue weighted by Crippen LogP contribution is 2.15. The van der Waals surface area contributed by atoms with Crippen LogP contribution in [0.5, 0.6) is 0 Å². The predicted molar refractivity (Wildman–Crippen MR) is 73.1 cm³/mol. The van der Waals surface area contributed by atoms with E-state index in [2.05, 4.69) is 9.82 Å². The maximum Gasteiger partial charge on any atom is 0.243 e. The van der Waals surface area contributed by atoms with Gasteiger partial charge >= 0.3 is 0 Å². The fourth-order valence-electron chi connectivity index (χ4n) is 1.83. The molecule has 1 aromatic heterocycles. The average Bonchev–Trinajstić information content (AvgIpc) is 2.83. The molecule has 114 valence electrons. The van der Waals surface area contributed by atoms with Crippen molar-refractivity contribution in [1.29, 1.82) is 0 Å². The summed E-state index contributed by atoms with van der Waals surface area (Å²) >= 11 is 0. The summed E-state index contributed by atoms with van der Waals surface area (Å²) in [7, 11) is -4.06. The zero-order chi connectivity index (χ0) is 15.5. The van der Waals surface area contributed by atoms with Crippen molar-refractivity contribution in [3.63, 3.8) is 0 Å². The van der Waals surface area contributed by atoms with Gasteiger partial charge in [0.25, 0.3) is 0 Å². The lowest BCUT2D eigenvalue weighted by Gasteiger charge is -2.08. The zero-order valence-electron chi connectivity index (χ0n) is 11.4. The molecule has 0 bridgehead atoms. The smallest absolute Gasteiger partial charge is 0.243 e. The molecule has 8 heteroatoms. The Morgan fingerprint density at radius 1 is 1.29 bits per heavy atom. The number of hydrogen-bond donors (Lipinski definition) is 1. The van der Waals surface area contributed by atoms with Crippen LogP contribution in [-0.4, -0.2) is 24.7 Å². The van der Waals surface area contributed by atoms with E-state index >= 15 is 0 Å². The molecule has 1 heterocycles. The Kier molecular flexibility index (Phi) is 4.69. The van der Waals surface area contributed by atoms with Gasteiger partial charge < -0.3 is 0 Å². The van der Waals surface area contributed by atoms with Crippen LogP contribution in [0.2, 0.25) is 0 Å². The van der Waals surface area contributed by atoms with Crippen LogP contribution >= 0.6 is 0 Å². The van der Waals surface area contributed by atoms with Gasteiger partial charge in [0.2, 0.25) is 10.0 Å². The van der Waals surface area contributed by atoms with Crippen LogP contribution in [0, 0.1) is 18.6 Å². The largest absolute Gasteiger partial charge is 0.270 e. The molecule has 0 aliphatic rings. The first-order valence-corrected chi connectivity index (χ1v) is 7.81. The molecule has 0 aliphatic carbocycles. The molecule has 0 amide bonds. The molecular formula is C13H15F2N3O2S. The number of halogens is 2. The first-order chi connectivity index (χ1) is 9.90. The maximum absolute atomic E-state index is 13.5. The number of hydrogen-bond acceptors (Lipinski definition) is 3. The second-order valence-corrected chi connectivity index (χ2v) is 6.26. The number of rotatable bonds is 6. The SMILES string of the molecule is Cc1ccnn1CCCNS(=O)(=O)c1cc(F)ccc1F. The molecule has 0 fully saturated rings. The van der Waals surface area contributed by atoms with Gasteiger partial charge in [-0.1, -0.05) is 0 Å². The molecule has 0 saturated carbocycles. The Bertz CT molecular complexity index is 729. The van der Waals surface area contributed by atoms with Gasteiger partial charge in [0, 0.05) is 25.0 Å². The topological polar surface area (TPSA) is 64.0 Å². The molecule has 2 rings (SSSR count). The summed E-state index contributed by atoms with van der Waals surface area (Å²) in [6, 6.07) is 4.16. The third-order valence-electron chi connectivity index (χ3n) is 2.95. The Labute approximate surface area is 121 Å². The lowest BCUT2D eigenvalue weighted by molar-refractivity contribution is 0.532. The summed E-state index contributed by atoms with van der Waals surface area (Å²) in [4.78, 5) is -0.683. The summed E-state index contributed by atoms with van der Waals surface area (Å²) in [6.07, 6.45) is 2.14. The standard InChI is InChI=1S/C13H15F2N3O2S/c1-10-5-7-16-18(10)8-2-6-17-21(19,20)13-9-11(14)3-4-12(13)15/h3-5,7,9,17H,2,6,8H2,1H3. The Balaban J connectivity index is 1.95. The number of nitrogens with one attached hydrogen (secondary N) is 1. The molecule has 1 aromatic carbocycles. The highest BCUT2D eigenvalue weighted by Gasteiger charge is 2.19. The first kappa shape index (κ1) is 15.6. The number of aromatic nitrogens is 2. The van der Waals surface area contributed by atoms with Gasteiger partial charge in [-0.25, -0.2) is 21.9 Å². The molecule has 1 N–H and O–H groups in total. The van der Waals surface area contributed by atoms with E-state index in [4.69, 9.17) is 0 Å². The van der Waals surface area contributed by atoms with Crippen molar-refractivity contribution < 1.29 is 17.2 Å². The molecule has 0 unspecified atom stereocenters. The molecule has 0 atom stereocenters. The normalized spacial score (nSPS) is 11.8. The van der Waals surface area contributed by atoms with Crippen LogP contribution in [0.15, 0.2) is 35.4 Å². The van der Waals surface area contributed by atoms with E-state index in [0.29, 0.717) is 19.0 Å². The third-order valence-corrected chi connectivity index (χ3v) is 4.43. The summed E-state index contributed by atoms with van der Waals surface area (Å²) in [5, 5.41) is 4.06. The second-order valence-electron chi connectivity index (χ2n) is 4.52. The molecule has 0 saturated heterocycles. The number of nitrogens with zero attached hydrogens (tertiary/aromatic N) is 2. The van der Waals surface area contributed by atoms with Crippen LogP contribution in [0.1, 0.15) is 12.1 Å². The van der Waals surface area contributed by atoms with E-state index in [1.165, 1.54) is 0 Å². The van der Waals surface area contributed by atoms with Gasteiger partial charge in [0.15, 0.2) is 0 Å². The van der Waals surface area contributed by atoms with Gasteiger partial charge in [0.1, 0.15) is 16.5 Å². The summed E-state index contributed by atoms with van der Waals surface area (Å²) < 4.78 is 54.2. The highest BCUT2D eigenvalue weighted by molar-refractivity contribution is 7.89. The lowest BCUT2D eigenvalue weighted by atomic mass is 10.3. The van der Waals surface area contributed by atoms with Crippen LogP contribution in [-0.2, 0) is 16.6 Å². The van der Waals surface area contributed by atoms with Crippen molar-refractivity contribution in [3.8, 4) is 0 Å². The van der Waals surface area contributed by atoms with E-state index < -0.39 is 26.6 Å². The van der Waals surface area contributed by atoms with Gasteiger partial charge in [-0.2, -0.15) is 5.10 Å². The Morgan fingerprint density at radius 2 is 2.05 bits per heavy atom. The first-order valence-electron chi connectivity index (χ1n) is 6.33. The van der Waals surface area contributed by atoms with Crippen LogP contribution in [0.3, 0.4) is 0 Å². The summed E-state index contributed by atoms with van der Waals surface area (Å²) in [5.74, 6) is -1.78. The van der Waals surface area contributed by atoms with Gasteiger partial charge in [-0.3, -0.25) is 4.68 Å². The molecule has 0 spiro atoms. The highest BCUT2D eigenvalue weighted by atomic mass is 32.2. The van der Waals surface area contributed by atoms with Crippen molar-refractivity contribution >= 4 is 10.0 Å². The van der Waals surface area contributed by atoms with Crippen molar-refractivity contribution in [3.05, 3.63) is 47.8 Å². The van der Waals surface area contributed by atoms with Crippen LogP contribution in [0.25, 0.3) is 0 Å². The van der Waals surface area contributed by atoms with Crippen molar-refractivity contribution in [1.82, 2.24) is 14.5 Å². The maximum atomic E-state index is 13.5. The Hall–Kier alpha value is -1.80. The van der Waals surface area contributed by atoms with Gasteiger partial charge in [-0.05, 0) is 37.6 Å². The zero-order valence-corrected chi connectivity index (χ0v) is 12.2. The molecule has 5 nitrogen and oxygen atoms in total. The summed E-state index contributed by atoms with van der Waals surface area (Å²) in [5.41, 5.74) is 0.967. The van der Waals surface area contributed by atoms with E-state index in [0.717, 1.165) is 17.8 Å².